The summed E-state index contributed by atoms with van der Waals surface area (Å²) in [6, 6.07) is 0. The highest BCUT2D eigenvalue weighted by Crippen LogP contribution is 2.21. The Morgan fingerprint density at radius 2 is 1.60 bits per heavy atom. The van der Waals surface area contributed by atoms with Gasteiger partial charge in [-0.3, -0.25) is 0 Å². The molecule has 0 bridgehead atoms. The van der Waals surface area contributed by atoms with E-state index in [1.807, 2.05) is 0 Å². The molecule has 1 unspecified atom stereocenters. The van der Waals surface area contributed by atoms with Gasteiger partial charge in [0.15, 0.2) is 0 Å². The van der Waals surface area contributed by atoms with Gasteiger partial charge in [-0.1, -0.05) is 33.6 Å². The Kier molecular flexibility index (Phi) is 5.07. The lowest BCUT2D eigenvalue weighted by Gasteiger charge is -2.27. The minimum Gasteiger partial charge on any atom is -0.392 e. The molecule has 0 aromatic rings. The molecule has 2 nitrogen and oxygen atoms in total. The second-order valence-corrected chi connectivity index (χ2v) is 6.13. The molecule has 1 aliphatic rings. The third-order valence-electron chi connectivity index (χ3n) is 3.02. The van der Waals surface area contributed by atoms with Gasteiger partial charge in [0.05, 0.1) is 6.10 Å². The van der Waals surface area contributed by atoms with E-state index in [1.165, 1.54) is 38.8 Å². The molecule has 0 saturated carbocycles. The summed E-state index contributed by atoms with van der Waals surface area (Å²) >= 11 is 0. The quantitative estimate of drug-likeness (QED) is 0.779. The summed E-state index contributed by atoms with van der Waals surface area (Å²) in [4.78, 5) is 2.43. The molecular weight excluding hydrogens is 186 g/mol. The zero-order valence-electron chi connectivity index (χ0n) is 10.6. The second kappa shape index (κ2) is 5.86. The van der Waals surface area contributed by atoms with E-state index >= 15 is 0 Å². The molecule has 1 heterocycles. The molecule has 1 rings (SSSR count). The Labute approximate surface area is 94.7 Å². The lowest BCUT2D eigenvalue weighted by atomic mass is 9.89. The molecule has 0 spiro atoms. The molecule has 1 fully saturated rings. The lowest BCUT2D eigenvalue weighted by Crippen LogP contribution is -2.35. The van der Waals surface area contributed by atoms with E-state index in [2.05, 4.69) is 25.7 Å². The van der Waals surface area contributed by atoms with Crippen molar-refractivity contribution in [3.05, 3.63) is 0 Å². The van der Waals surface area contributed by atoms with E-state index in [4.69, 9.17) is 0 Å². The van der Waals surface area contributed by atoms with E-state index in [-0.39, 0.29) is 11.5 Å². The van der Waals surface area contributed by atoms with Crippen LogP contribution in [0.15, 0.2) is 0 Å². The molecule has 0 radical (unpaired) electrons. The predicted molar refractivity (Wildman–Crippen MR) is 65.0 cm³/mol. The van der Waals surface area contributed by atoms with Crippen LogP contribution in [0.2, 0.25) is 0 Å². The van der Waals surface area contributed by atoms with Gasteiger partial charge < -0.3 is 10.0 Å². The first-order valence-electron chi connectivity index (χ1n) is 6.38. The molecule has 1 saturated heterocycles. The van der Waals surface area contributed by atoms with Crippen molar-refractivity contribution in [1.82, 2.24) is 4.90 Å². The Balaban J connectivity index is 2.26. The minimum atomic E-state index is -0.150. The van der Waals surface area contributed by atoms with E-state index in [9.17, 15) is 5.11 Å². The first-order valence-corrected chi connectivity index (χ1v) is 6.38. The van der Waals surface area contributed by atoms with E-state index in [1.54, 1.807) is 0 Å². The van der Waals surface area contributed by atoms with Crippen LogP contribution < -0.4 is 0 Å². The van der Waals surface area contributed by atoms with Crippen molar-refractivity contribution in [3.8, 4) is 0 Å². The zero-order chi connectivity index (χ0) is 11.3. The number of likely N-dealkylation sites (tertiary alicyclic amines) is 1. The SMILES string of the molecule is CC(C)(C)CC(O)CN1CCCCCC1. The second-order valence-electron chi connectivity index (χ2n) is 6.13. The molecule has 0 amide bonds. The van der Waals surface area contributed by atoms with E-state index in [0.29, 0.717) is 0 Å². The fraction of sp³-hybridized carbons (Fsp3) is 1.00. The molecule has 2 heteroatoms. The van der Waals surface area contributed by atoms with Crippen molar-refractivity contribution in [3.63, 3.8) is 0 Å². The third-order valence-corrected chi connectivity index (χ3v) is 3.02. The first-order chi connectivity index (χ1) is 6.97. The summed E-state index contributed by atoms with van der Waals surface area (Å²) in [5.41, 5.74) is 0.241. The van der Waals surface area contributed by atoms with Crippen LogP contribution in [0, 0.1) is 5.41 Å². The van der Waals surface area contributed by atoms with Gasteiger partial charge in [0.2, 0.25) is 0 Å². The van der Waals surface area contributed by atoms with Crippen LogP contribution in [0.4, 0.5) is 0 Å². The Morgan fingerprint density at radius 3 is 2.07 bits per heavy atom. The first kappa shape index (κ1) is 13.0. The summed E-state index contributed by atoms with van der Waals surface area (Å²) in [7, 11) is 0. The van der Waals surface area contributed by atoms with Crippen LogP contribution in [0.25, 0.3) is 0 Å². The topological polar surface area (TPSA) is 23.5 Å². The van der Waals surface area contributed by atoms with Crippen LogP contribution in [0.3, 0.4) is 0 Å². The fourth-order valence-corrected chi connectivity index (χ4v) is 2.39. The van der Waals surface area contributed by atoms with Gasteiger partial charge in [0, 0.05) is 6.54 Å². The normalized spacial score (nSPS) is 22.4. The van der Waals surface area contributed by atoms with Gasteiger partial charge in [-0.05, 0) is 37.8 Å². The Bertz CT molecular complexity index is 166. The van der Waals surface area contributed by atoms with Gasteiger partial charge in [0.25, 0.3) is 0 Å². The smallest absolute Gasteiger partial charge is 0.0672 e. The summed E-state index contributed by atoms with van der Waals surface area (Å²) in [6.07, 6.45) is 6.11. The monoisotopic (exact) mass is 213 g/mol. The number of aliphatic hydroxyl groups excluding tert-OH is 1. The molecular formula is C13H27NO. The predicted octanol–water partition coefficient (Wildman–Crippen LogP) is 2.66. The van der Waals surface area contributed by atoms with Crippen molar-refractivity contribution in [2.75, 3.05) is 19.6 Å². The number of nitrogens with zero attached hydrogens (tertiary/aromatic N) is 1. The van der Waals surface area contributed by atoms with Crippen molar-refractivity contribution in [2.24, 2.45) is 5.41 Å². The molecule has 0 aromatic carbocycles. The fourth-order valence-electron chi connectivity index (χ4n) is 2.39. The molecule has 1 N–H and O–H groups in total. The number of aliphatic hydroxyl groups is 1. The molecule has 0 aliphatic carbocycles. The zero-order valence-corrected chi connectivity index (χ0v) is 10.6. The van der Waals surface area contributed by atoms with Crippen LogP contribution >= 0.6 is 0 Å². The molecule has 0 aromatic heterocycles. The van der Waals surface area contributed by atoms with E-state index < -0.39 is 0 Å². The summed E-state index contributed by atoms with van der Waals surface area (Å²) in [5, 5.41) is 9.99. The Morgan fingerprint density at radius 1 is 1.07 bits per heavy atom. The van der Waals surface area contributed by atoms with Gasteiger partial charge in [-0.2, -0.15) is 0 Å². The van der Waals surface area contributed by atoms with Gasteiger partial charge in [-0.25, -0.2) is 0 Å². The van der Waals surface area contributed by atoms with Crippen molar-refractivity contribution >= 4 is 0 Å². The maximum atomic E-state index is 9.99. The summed E-state index contributed by atoms with van der Waals surface area (Å²) in [5.74, 6) is 0. The molecule has 1 atom stereocenters. The Hall–Kier alpha value is -0.0800. The van der Waals surface area contributed by atoms with Gasteiger partial charge >= 0.3 is 0 Å². The number of hydrogen-bond acceptors (Lipinski definition) is 2. The summed E-state index contributed by atoms with van der Waals surface area (Å²) < 4.78 is 0. The maximum Gasteiger partial charge on any atom is 0.0672 e. The van der Waals surface area contributed by atoms with Gasteiger partial charge in [0.1, 0.15) is 0 Å². The van der Waals surface area contributed by atoms with Crippen molar-refractivity contribution in [1.29, 1.82) is 0 Å². The van der Waals surface area contributed by atoms with Crippen LogP contribution in [-0.2, 0) is 0 Å². The van der Waals surface area contributed by atoms with Crippen molar-refractivity contribution in [2.45, 2.75) is 59.0 Å². The van der Waals surface area contributed by atoms with Gasteiger partial charge in [-0.15, -0.1) is 0 Å². The third kappa shape index (κ3) is 6.16. The standard InChI is InChI=1S/C13H27NO/c1-13(2,3)10-12(15)11-14-8-6-4-5-7-9-14/h12,15H,4-11H2,1-3H3. The van der Waals surface area contributed by atoms with Crippen LogP contribution in [0.1, 0.15) is 52.9 Å². The molecule has 15 heavy (non-hydrogen) atoms. The van der Waals surface area contributed by atoms with Crippen LogP contribution in [0.5, 0.6) is 0 Å². The average Bonchev–Trinajstić information content (AvgIpc) is 2.28. The molecule has 90 valence electrons. The average molecular weight is 213 g/mol. The maximum absolute atomic E-state index is 9.99. The largest absolute Gasteiger partial charge is 0.392 e. The highest BCUT2D eigenvalue weighted by molar-refractivity contribution is 4.73. The number of hydrogen-bond donors (Lipinski definition) is 1. The highest BCUT2D eigenvalue weighted by atomic mass is 16.3. The molecule has 1 aliphatic heterocycles. The number of rotatable bonds is 3. The summed E-state index contributed by atoms with van der Waals surface area (Å²) in [6.45, 7) is 9.82. The highest BCUT2D eigenvalue weighted by Gasteiger charge is 2.19. The lowest BCUT2D eigenvalue weighted by molar-refractivity contribution is 0.0781. The van der Waals surface area contributed by atoms with Crippen molar-refractivity contribution < 1.29 is 5.11 Å². The van der Waals surface area contributed by atoms with E-state index in [0.717, 1.165) is 13.0 Å². The number of β-amino-alcohol motifs (C(OH)–C–C–N with tert-alkyl or cyclic N) is 1. The minimum absolute atomic E-state index is 0.150. The van der Waals surface area contributed by atoms with Crippen LogP contribution in [-0.4, -0.2) is 35.7 Å².